The SMILES string of the molecule is O=C(NCC12CCCN1CCC2)c1cc2ccoc2cc1F. The van der Waals surface area contributed by atoms with Crippen LogP contribution in [0.4, 0.5) is 4.39 Å². The lowest BCUT2D eigenvalue weighted by molar-refractivity contribution is 0.0915. The Labute approximate surface area is 128 Å². The highest BCUT2D eigenvalue weighted by atomic mass is 19.1. The largest absolute Gasteiger partial charge is 0.464 e. The molecule has 0 saturated carbocycles. The van der Waals surface area contributed by atoms with Crippen LogP contribution in [0.3, 0.4) is 0 Å². The van der Waals surface area contributed by atoms with Gasteiger partial charge in [0.25, 0.3) is 5.91 Å². The van der Waals surface area contributed by atoms with Crippen LogP contribution in [-0.4, -0.2) is 36.0 Å². The molecule has 2 aliphatic heterocycles. The van der Waals surface area contributed by atoms with Crippen LogP contribution in [0.15, 0.2) is 28.9 Å². The molecule has 3 heterocycles. The Morgan fingerprint density at radius 3 is 2.86 bits per heavy atom. The Kier molecular flexibility index (Phi) is 3.18. The number of hydrogen-bond acceptors (Lipinski definition) is 3. The molecule has 0 atom stereocenters. The summed E-state index contributed by atoms with van der Waals surface area (Å²) in [7, 11) is 0. The molecule has 2 fully saturated rings. The number of hydrogen-bond donors (Lipinski definition) is 1. The van der Waals surface area contributed by atoms with Gasteiger partial charge in [-0.2, -0.15) is 0 Å². The first-order valence-corrected chi connectivity index (χ1v) is 7.88. The van der Waals surface area contributed by atoms with Gasteiger partial charge in [0.1, 0.15) is 11.4 Å². The maximum atomic E-state index is 14.1. The predicted molar refractivity (Wildman–Crippen MR) is 81.3 cm³/mol. The standard InChI is InChI=1S/C17H19FN2O2/c18-14-10-15-12(3-8-22-15)9-13(14)16(21)19-11-17-4-1-6-20(17)7-2-5-17/h3,8-10H,1-2,4-7,11H2,(H,19,21). The molecule has 5 heteroatoms. The molecule has 116 valence electrons. The van der Waals surface area contributed by atoms with Crippen molar-refractivity contribution in [3.8, 4) is 0 Å². The third-order valence-corrected chi connectivity index (χ3v) is 5.18. The quantitative estimate of drug-likeness (QED) is 0.948. The maximum Gasteiger partial charge on any atom is 0.254 e. The van der Waals surface area contributed by atoms with Crippen molar-refractivity contribution >= 4 is 16.9 Å². The van der Waals surface area contributed by atoms with E-state index >= 15 is 0 Å². The summed E-state index contributed by atoms with van der Waals surface area (Å²) in [5.74, 6) is -0.874. The monoisotopic (exact) mass is 302 g/mol. The minimum absolute atomic E-state index is 0.0906. The number of carbonyl (C=O) groups is 1. The van der Waals surface area contributed by atoms with E-state index in [-0.39, 0.29) is 17.0 Å². The van der Waals surface area contributed by atoms with Gasteiger partial charge in [-0.25, -0.2) is 4.39 Å². The summed E-state index contributed by atoms with van der Waals surface area (Å²) >= 11 is 0. The number of furan rings is 1. The Hall–Kier alpha value is -1.88. The van der Waals surface area contributed by atoms with Gasteiger partial charge in [-0.1, -0.05) is 0 Å². The number of nitrogens with one attached hydrogen (secondary N) is 1. The highest BCUT2D eigenvalue weighted by molar-refractivity contribution is 5.98. The van der Waals surface area contributed by atoms with Gasteiger partial charge in [0.15, 0.2) is 0 Å². The summed E-state index contributed by atoms with van der Waals surface area (Å²) in [6.07, 6.45) is 6.11. The number of carbonyl (C=O) groups excluding carboxylic acids is 1. The number of amides is 1. The van der Waals surface area contributed by atoms with E-state index in [1.54, 1.807) is 12.1 Å². The Balaban J connectivity index is 1.52. The third-order valence-electron chi connectivity index (χ3n) is 5.18. The smallest absolute Gasteiger partial charge is 0.254 e. The van der Waals surface area contributed by atoms with E-state index < -0.39 is 5.82 Å². The first kappa shape index (κ1) is 13.8. The molecule has 1 amide bonds. The lowest BCUT2D eigenvalue weighted by atomic mass is 9.94. The molecule has 2 aromatic rings. The van der Waals surface area contributed by atoms with Gasteiger partial charge in [0, 0.05) is 23.5 Å². The molecule has 4 rings (SSSR count). The minimum atomic E-state index is -0.535. The maximum absolute atomic E-state index is 14.1. The van der Waals surface area contributed by atoms with Gasteiger partial charge < -0.3 is 9.73 Å². The molecule has 4 nitrogen and oxygen atoms in total. The van der Waals surface area contributed by atoms with Crippen molar-refractivity contribution in [2.45, 2.75) is 31.2 Å². The fraction of sp³-hybridized carbons (Fsp3) is 0.471. The minimum Gasteiger partial charge on any atom is -0.464 e. The van der Waals surface area contributed by atoms with Crippen molar-refractivity contribution in [1.82, 2.24) is 10.2 Å². The van der Waals surface area contributed by atoms with Crippen LogP contribution >= 0.6 is 0 Å². The molecular weight excluding hydrogens is 283 g/mol. The Bertz CT molecular complexity index is 715. The van der Waals surface area contributed by atoms with Crippen molar-refractivity contribution in [3.05, 3.63) is 35.8 Å². The summed E-state index contributed by atoms with van der Waals surface area (Å²) in [4.78, 5) is 14.8. The predicted octanol–water partition coefficient (Wildman–Crippen LogP) is 2.93. The molecule has 1 N–H and O–H groups in total. The van der Waals surface area contributed by atoms with E-state index in [1.165, 1.54) is 25.2 Å². The van der Waals surface area contributed by atoms with Crippen LogP contribution in [0.25, 0.3) is 11.0 Å². The second-order valence-corrected chi connectivity index (χ2v) is 6.39. The van der Waals surface area contributed by atoms with Crippen molar-refractivity contribution in [1.29, 1.82) is 0 Å². The first-order valence-electron chi connectivity index (χ1n) is 7.88. The van der Waals surface area contributed by atoms with E-state index in [0.717, 1.165) is 31.3 Å². The van der Waals surface area contributed by atoms with E-state index in [9.17, 15) is 9.18 Å². The lowest BCUT2D eigenvalue weighted by Gasteiger charge is -2.32. The van der Waals surface area contributed by atoms with Gasteiger partial charge in [-0.3, -0.25) is 9.69 Å². The molecule has 0 radical (unpaired) electrons. The zero-order chi connectivity index (χ0) is 15.2. The fourth-order valence-electron chi connectivity index (χ4n) is 4.01. The van der Waals surface area contributed by atoms with E-state index in [4.69, 9.17) is 4.42 Å². The summed E-state index contributed by atoms with van der Waals surface area (Å²) in [6, 6.07) is 4.57. The van der Waals surface area contributed by atoms with Crippen LogP contribution in [0.1, 0.15) is 36.0 Å². The molecule has 1 aromatic heterocycles. The Morgan fingerprint density at radius 2 is 2.09 bits per heavy atom. The summed E-state index contributed by atoms with van der Waals surface area (Å²) in [5, 5.41) is 3.69. The van der Waals surface area contributed by atoms with Gasteiger partial charge in [0.2, 0.25) is 0 Å². The van der Waals surface area contributed by atoms with E-state index in [0.29, 0.717) is 12.1 Å². The topological polar surface area (TPSA) is 45.5 Å². The molecule has 2 aliphatic rings. The van der Waals surface area contributed by atoms with Gasteiger partial charge in [-0.05, 0) is 50.9 Å². The molecule has 0 spiro atoms. The van der Waals surface area contributed by atoms with Crippen LogP contribution < -0.4 is 5.32 Å². The zero-order valence-corrected chi connectivity index (χ0v) is 12.4. The Morgan fingerprint density at radius 1 is 1.32 bits per heavy atom. The molecule has 0 unspecified atom stereocenters. The number of nitrogens with zero attached hydrogens (tertiary/aromatic N) is 1. The second kappa shape index (κ2) is 5.09. The van der Waals surface area contributed by atoms with Crippen LogP contribution in [0.2, 0.25) is 0 Å². The summed E-state index contributed by atoms with van der Waals surface area (Å²) in [6.45, 7) is 2.84. The first-order chi connectivity index (χ1) is 10.7. The third kappa shape index (κ3) is 2.11. The van der Waals surface area contributed by atoms with Gasteiger partial charge in [-0.15, -0.1) is 0 Å². The highest BCUT2D eigenvalue weighted by Gasteiger charge is 2.44. The van der Waals surface area contributed by atoms with Gasteiger partial charge >= 0.3 is 0 Å². The second-order valence-electron chi connectivity index (χ2n) is 6.39. The van der Waals surface area contributed by atoms with Crippen LogP contribution in [0.5, 0.6) is 0 Å². The lowest BCUT2D eigenvalue weighted by Crippen LogP contribution is -2.48. The fourth-order valence-corrected chi connectivity index (χ4v) is 4.01. The number of halogens is 1. The summed E-state index contributed by atoms with van der Waals surface area (Å²) in [5.41, 5.74) is 0.657. The zero-order valence-electron chi connectivity index (χ0n) is 12.4. The van der Waals surface area contributed by atoms with E-state index in [2.05, 4.69) is 10.2 Å². The van der Waals surface area contributed by atoms with E-state index in [1.807, 2.05) is 0 Å². The molecule has 1 aromatic carbocycles. The average molecular weight is 302 g/mol. The normalized spacial score (nSPS) is 20.4. The number of benzene rings is 1. The number of rotatable bonds is 3. The van der Waals surface area contributed by atoms with Crippen molar-refractivity contribution in [3.63, 3.8) is 0 Å². The van der Waals surface area contributed by atoms with Gasteiger partial charge in [0.05, 0.1) is 11.8 Å². The van der Waals surface area contributed by atoms with Crippen molar-refractivity contribution < 1.29 is 13.6 Å². The van der Waals surface area contributed by atoms with Crippen LogP contribution in [0, 0.1) is 5.82 Å². The summed E-state index contributed by atoms with van der Waals surface area (Å²) < 4.78 is 19.2. The van der Waals surface area contributed by atoms with Crippen LogP contribution in [-0.2, 0) is 0 Å². The van der Waals surface area contributed by atoms with Crippen molar-refractivity contribution in [2.75, 3.05) is 19.6 Å². The van der Waals surface area contributed by atoms with Crippen molar-refractivity contribution in [2.24, 2.45) is 0 Å². The highest BCUT2D eigenvalue weighted by Crippen LogP contribution is 2.38. The molecule has 0 bridgehead atoms. The molecule has 0 aliphatic carbocycles. The number of fused-ring (bicyclic) bond motifs is 2. The molecular formula is C17H19FN2O2. The molecule has 22 heavy (non-hydrogen) atoms. The average Bonchev–Trinajstić information content (AvgIpc) is 3.18. The molecule has 2 saturated heterocycles.